The molecule has 0 aromatic rings. The molecular formula is C47H84N2O7. The number of carbonyl (C=O) groups is 4. The average Bonchev–Trinajstić information content (AvgIpc) is 3.18. The molecule has 0 fully saturated rings. The molecule has 2 atom stereocenters. The molecule has 9 heteroatoms. The summed E-state index contributed by atoms with van der Waals surface area (Å²) in [6.45, 7) is 3.38. The largest absolute Gasteiger partial charge is 0.480 e. The van der Waals surface area contributed by atoms with Crippen molar-refractivity contribution < 1.29 is 34.1 Å². The van der Waals surface area contributed by atoms with E-state index in [4.69, 9.17) is 14.9 Å². The molecule has 2 amide bonds. The third-order valence-electron chi connectivity index (χ3n) is 10.2. The summed E-state index contributed by atoms with van der Waals surface area (Å²) in [5, 5.41) is 22.6. The predicted molar refractivity (Wildman–Crippen MR) is 231 cm³/mol. The molecule has 0 saturated carbocycles. The Morgan fingerprint density at radius 3 is 1.54 bits per heavy atom. The third kappa shape index (κ3) is 38.0. The van der Waals surface area contributed by atoms with Crippen molar-refractivity contribution in [3.05, 3.63) is 36.5 Å². The van der Waals surface area contributed by atoms with E-state index in [2.05, 4.69) is 60.9 Å². The third-order valence-corrected chi connectivity index (χ3v) is 10.2. The number of carboxylic acid groups (broad SMARTS) is 1. The number of rotatable bonds is 41. The molecule has 0 spiro atoms. The number of unbranched alkanes of at least 4 members (excludes halogenated alkanes) is 21. The lowest BCUT2D eigenvalue weighted by Crippen LogP contribution is -2.47. The Kier molecular flexibility index (Phi) is 39.5. The maximum absolute atomic E-state index is 12.8. The smallest absolute Gasteiger partial charge is 0.328 e. The van der Waals surface area contributed by atoms with Gasteiger partial charge in [0.2, 0.25) is 11.8 Å². The van der Waals surface area contributed by atoms with Gasteiger partial charge in [0, 0.05) is 12.8 Å². The highest BCUT2D eigenvalue weighted by Gasteiger charge is 2.19. The van der Waals surface area contributed by atoms with Crippen LogP contribution in [0.25, 0.3) is 0 Å². The van der Waals surface area contributed by atoms with E-state index in [0.29, 0.717) is 19.3 Å². The molecule has 56 heavy (non-hydrogen) atoms. The van der Waals surface area contributed by atoms with E-state index in [-0.39, 0.29) is 24.5 Å². The Labute approximate surface area is 342 Å². The first-order chi connectivity index (χ1) is 27.3. The molecule has 2 unspecified atom stereocenters. The zero-order chi connectivity index (χ0) is 41.2. The number of hydrogen-bond acceptors (Lipinski definition) is 6. The molecule has 0 aliphatic heterocycles. The van der Waals surface area contributed by atoms with Crippen LogP contribution < -0.4 is 10.6 Å². The highest BCUT2D eigenvalue weighted by molar-refractivity contribution is 5.87. The maximum Gasteiger partial charge on any atom is 0.328 e. The van der Waals surface area contributed by atoms with E-state index < -0.39 is 24.5 Å². The topological polar surface area (TPSA) is 142 Å². The van der Waals surface area contributed by atoms with Crippen molar-refractivity contribution in [1.29, 1.82) is 0 Å². The van der Waals surface area contributed by atoms with Gasteiger partial charge in [-0.3, -0.25) is 14.4 Å². The number of aliphatic hydroxyl groups excluding tert-OH is 1. The molecule has 0 aliphatic rings. The molecule has 0 heterocycles. The minimum atomic E-state index is -1.38. The van der Waals surface area contributed by atoms with Gasteiger partial charge < -0.3 is 25.6 Å². The fraction of sp³-hybridized carbons (Fsp3) is 0.787. The number of nitrogens with one attached hydrogen (secondary N) is 2. The quantitative estimate of drug-likeness (QED) is 0.0274. The van der Waals surface area contributed by atoms with Crippen LogP contribution >= 0.6 is 0 Å². The van der Waals surface area contributed by atoms with E-state index in [1.807, 2.05) is 0 Å². The van der Waals surface area contributed by atoms with E-state index >= 15 is 0 Å². The molecule has 0 radical (unpaired) electrons. The normalized spacial score (nSPS) is 12.8. The number of hydrogen-bond donors (Lipinski definition) is 4. The standard InChI is InChI=1S/C47H84N2O7/c1-3-5-7-9-11-13-15-16-17-18-19-20-22-24-26-31-35-39-46(53)56-42(36-32-28-25-23-21-14-12-10-8-6-4-2)37-33-29-27-30-34-38-44(51)48-40-45(52)49-43(41-50)47(54)55/h5,7,11,13,16-17,42-43,50H,3-4,6,8-10,12,14-15,18-41H2,1-2H3,(H,48,51)(H,49,52)(H,54,55)/b7-5-,13-11-,17-16-. The van der Waals surface area contributed by atoms with Gasteiger partial charge in [0.1, 0.15) is 12.1 Å². The molecule has 0 saturated heterocycles. The lowest BCUT2D eigenvalue weighted by molar-refractivity contribution is -0.150. The van der Waals surface area contributed by atoms with E-state index in [1.165, 1.54) is 96.3 Å². The molecule has 0 aromatic heterocycles. The SMILES string of the molecule is CC/C=C\C/C=C\C/C=C\CCCCCCCCCC(=O)OC(CCCCCCCCCCCCC)CCCCCCCC(=O)NCC(=O)NC(CO)C(=O)O. The minimum Gasteiger partial charge on any atom is -0.480 e. The number of aliphatic carboxylic acids is 1. The highest BCUT2D eigenvalue weighted by Crippen LogP contribution is 2.19. The molecule has 4 N–H and O–H groups in total. The Morgan fingerprint density at radius 2 is 1.02 bits per heavy atom. The summed E-state index contributed by atoms with van der Waals surface area (Å²) in [6.07, 6.45) is 47.4. The van der Waals surface area contributed by atoms with Crippen molar-refractivity contribution in [3.8, 4) is 0 Å². The van der Waals surface area contributed by atoms with Gasteiger partial charge in [-0.1, -0.05) is 166 Å². The van der Waals surface area contributed by atoms with Gasteiger partial charge in [0.25, 0.3) is 0 Å². The molecule has 0 bridgehead atoms. The number of ether oxygens (including phenoxy) is 1. The summed E-state index contributed by atoms with van der Waals surface area (Å²) in [5.41, 5.74) is 0. The van der Waals surface area contributed by atoms with Gasteiger partial charge in [-0.05, 0) is 70.6 Å². The van der Waals surface area contributed by atoms with Crippen LogP contribution in [0.5, 0.6) is 0 Å². The summed E-state index contributed by atoms with van der Waals surface area (Å²) in [6, 6.07) is -1.38. The first-order valence-electron chi connectivity index (χ1n) is 22.9. The van der Waals surface area contributed by atoms with Crippen molar-refractivity contribution in [1.82, 2.24) is 10.6 Å². The van der Waals surface area contributed by atoms with Gasteiger partial charge in [-0.25, -0.2) is 4.79 Å². The number of carbonyl (C=O) groups excluding carboxylic acids is 3. The number of esters is 1. The van der Waals surface area contributed by atoms with Crippen molar-refractivity contribution in [3.63, 3.8) is 0 Å². The molecule has 9 nitrogen and oxygen atoms in total. The van der Waals surface area contributed by atoms with Crippen LogP contribution in [-0.4, -0.2) is 59.3 Å². The first-order valence-corrected chi connectivity index (χ1v) is 22.9. The summed E-state index contributed by atoms with van der Waals surface area (Å²) >= 11 is 0. The minimum absolute atomic E-state index is 0.0161. The summed E-state index contributed by atoms with van der Waals surface area (Å²) in [5.74, 6) is -2.29. The van der Waals surface area contributed by atoms with Crippen LogP contribution in [0, 0.1) is 0 Å². The molecule has 0 aromatic carbocycles. The second-order valence-corrected chi connectivity index (χ2v) is 15.5. The number of carboxylic acids is 1. The van der Waals surface area contributed by atoms with E-state index in [0.717, 1.165) is 83.5 Å². The highest BCUT2D eigenvalue weighted by atomic mass is 16.5. The van der Waals surface area contributed by atoms with Gasteiger partial charge in [-0.2, -0.15) is 0 Å². The Bertz CT molecular complexity index is 1040. The van der Waals surface area contributed by atoms with Crippen LogP contribution in [0.15, 0.2) is 36.5 Å². The van der Waals surface area contributed by atoms with Gasteiger partial charge in [0.05, 0.1) is 13.2 Å². The summed E-state index contributed by atoms with van der Waals surface area (Å²) in [7, 11) is 0. The summed E-state index contributed by atoms with van der Waals surface area (Å²) < 4.78 is 6.04. The molecule has 324 valence electrons. The predicted octanol–water partition coefficient (Wildman–Crippen LogP) is 11.4. The van der Waals surface area contributed by atoms with Crippen molar-refractivity contribution in [2.75, 3.05) is 13.2 Å². The van der Waals surface area contributed by atoms with Crippen molar-refractivity contribution >= 4 is 23.8 Å². The van der Waals surface area contributed by atoms with E-state index in [1.54, 1.807) is 0 Å². The van der Waals surface area contributed by atoms with Crippen LogP contribution in [0.4, 0.5) is 0 Å². The molecular weight excluding hydrogens is 705 g/mol. The van der Waals surface area contributed by atoms with Gasteiger partial charge >= 0.3 is 11.9 Å². The second kappa shape index (κ2) is 41.7. The van der Waals surface area contributed by atoms with Crippen LogP contribution in [0.1, 0.15) is 213 Å². The second-order valence-electron chi connectivity index (χ2n) is 15.5. The monoisotopic (exact) mass is 789 g/mol. The van der Waals surface area contributed by atoms with Gasteiger partial charge in [-0.15, -0.1) is 0 Å². The zero-order valence-electron chi connectivity index (χ0n) is 35.9. The van der Waals surface area contributed by atoms with E-state index in [9.17, 15) is 19.2 Å². The fourth-order valence-electron chi connectivity index (χ4n) is 6.67. The number of amides is 2. The zero-order valence-corrected chi connectivity index (χ0v) is 35.9. The Morgan fingerprint density at radius 1 is 0.554 bits per heavy atom. The van der Waals surface area contributed by atoms with Crippen molar-refractivity contribution in [2.24, 2.45) is 0 Å². The molecule has 0 rings (SSSR count). The van der Waals surface area contributed by atoms with Gasteiger partial charge in [0.15, 0.2) is 0 Å². The Balaban J connectivity index is 4.28. The number of aliphatic hydroxyl groups is 1. The maximum atomic E-state index is 12.8. The Hall–Kier alpha value is -2.94. The van der Waals surface area contributed by atoms with Crippen LogP contribution in [0.2, 0.25) is 0 Å². The fourth-order valence-corrected chi connectivity index (χ4v) is 6.67. The summed E-state index contributed by atoms with van der Waals surface area (Å²) in [4.78, 5) is 47.6. The lowest BCUT2D eigenvalue weighted by Gasteiger charge is -2.18. The van der Waals surface area contributed by atoms with Crippen LogP contribution in [0.3, 0.4) is 0 Å². The van der Waals surface area contributed by atoms with Crippen molar-refractivity contribution in [2.45, 2.75) is 225 Å². The molecule has 0 aliphatic carbocycles. The lowest BCUT2D eigenvalue weighted by atomic mass is 10.0. The average molecular weight is 789 g/mol. The van der Waals surface area contributed by atoms with Crippen LogP contribution in [-0.2, 0) is 23.9 Å². The first kappa shape index (κ1) is 53.1. The number of allylic oxidation sites excluding steroid dienone is 6.